The number of carbonyl (C=O) groups is 2. The van der Waals surface area contributed by atoms with E-state index in [1.807, 2.05) is 30.3 Å². The van der Waals surface area contributed by atoms with Crippen LogP contribution >= 0.6 is 0 Å². The first kappa shape index (κ1) is 16.7. The summed E-state index contributed by atoms with van der Waals surface area (Å²) in [5.74, 6) is -0.307. The van der Waals surface area contributed by atoms with Crippen LogP contribution in [0.5, 0.6) is 0 Å². The zero-order valence-electron chi connectivity index (χ0n) is 13.7. The van der Waals surface area contributed by atoms with Gasteiger partial charge in [0.25, 0.3) is 5.91 Å². The van der Waals surface area contributed by atoms with Crippen molar-refractivity contribution in [2.75, 3.05) is 7.11 Å². The third kappa shape index (κ3) is 3.77. The number of hydrogen-bond donors (Lipinski definition) is 0. The Hall–Kier alpha value is -2.63. The van der Waals surface area contributed by atoms with E-state index >= 15 is 0 Å². The maximum absolute atomic E-state index is 12.8. The predicted octanol–water partition coefficient (Wildman–Crippen LogP) is 2.50. The van der Waals surface area contributed by atoms with E-state index < -0.39 is 12.0 Å². The fraction of sp³-hybridized carbons (Fsp3) is 0.353. The summed E-state index contributed by atoms with van der Waals surface area (Å²) >= 11 is 0. The Morgan fingerprint density at radius 3 is 2.43 bits per heavy atom. The van der Waals surface area contributed by atoms with Crippen LogP contribution in [0.2, 0.25) is 0 Å². The van der Waals surface area contributed by atoms with Crippen molar-refractivity contribution in [2.45, 2.75) is 33.4 Å². The standard InChI is InChI=1S/C17H20N2O4/c1-11-15(23-13(3)18-11)16(20)19(12(2)17(21)22-4)10-14-8-6-5-7-9-14/h5-9,12H,10H2,1-4H3/t12-/m0/s1. The van der Waals surface area contributed by atoms with Gasteiger partial charge < -0.3 is 14.1 Å². The molecule has 0 saturated carbocycles. The lowest BCUT2D eigenvalue weighted by molar-refractivity contribution is -0.145. The highest BCUT2D eigenvalue weighted by molar-refractivity contribution is 5.95. The lowest BCUT2D eigenvalue weighted by atomic mass is 10.1. The zero-order valence-corrected chi connectivity index (χ0v) is 13.7. The maximum Gasteiger partial charge on any atom is 0.328 e. The monoisotopic (exact) mass is 316 g/mol. The smallest absolute Gasteiger partial charge is 0.328 e. The van der Waals surface area contributed by atoms with Gasteiger partial charge in [-0.05, 0) is 19.4 Å². The van der Waals surface area contributed by atoms with Crippen molar-refractivity contribution in [1.29, 1.82) is 0 Å². The fourth-order valence-corrected chi connectivity index (χ4v) is 2.32. The second-order valence-electron chi connectivity index (χ2n) is 5.27. The quantitative estimate of drug-likeness (QED) is 0.792. The summed E-state index contributed by atoms with van der Waals surface area (Å²) in [6, 6.07) is 8.70. The minimum atomic E-state index is -0.738. The van der Waals surface area contributed by atoms with E-state index in [0.29, 0.717) is 11.6 Å². The maximum atomic E-state index is 12.8. The first-order valence-electron chi connectivity index (χ1n) is 7.30. The second kappa shape index (κ2) is 7.09. The average Bonchev–Trinajstić information content (AvgIpc) is 2.90. The molecule has 2 aromatic rings. The molecule has 0 radical (unpaired) electrons. The molecular formula is C17H20N2O4. The number of oxazole rings is 1. The van der Waals surface area contributed by atoms with Crippen LogP contribution in [0.25, 0.3) is 0 Å². The van der Waals surface area contributed by atoms with Gasteiger partial charge in [0.2, 0.25) is 5.76 Å². The molecule has 1 heterocycles. The Bertz CT molecular complexity index is 694. The van der Waals surface area contributed by atoms with Crippen LogP contribution in [0, 0.1) is 13.8 Å². The molecule has 0 saturated heterocycles. The number of esters is 1. The number of aromatic nitrogens is 1. The number of benzene rings is 1. The molecule has 0 bridgehead atoms. The number of rotatable bonds is 5. The van der Waals surface area contributed by atoms with Gasteiger partial charge in [-0.25, -0.2) is 9.78 Å². The molecule has 0 fully saturated rings. The van der Waals surface area contributed by atoms with Crippen molar-refractivity contribution in [3.05, 3.63) is 53.2 Å². The largest absolute Gasteiger partial charge is 0.467 e. The number of nitrogens with zero attached hydrogens (tertiary/aromatic N) is 2. The molecule has 1 aromatic heterocycles. The second-order valence-corrected chi connectivity index (χ2v) is 5.27. The van der Waals surface area contributed by atoms with Gasteiger partial charge in [0.15, 0.2) is 5.89 Å². The van der Waals surface area contributed by atoms with Crippen LogP contribution in [0.1, 0.15) is 34.6 Å². The average molecular weight is 316 g/mol. The van der Waals surface area contributed by atoms with Crippen molar-refractivity contribution in [3.63, 3.8) is 0 Å². The summed E-state index contributed by atoms with van der Waals surface area (Å²) < 4.78 is 10.2. The van der Waals surface area contributed by atoms with Crippen molar-refractivity contribution in [2.24, 2.45) is 0 Å². The number of ether oxygens (including phenoxy) is 1. The summed E-state index contributed by atoms with van der Waals surface area (Å²) in [6.07, 6.45) is 0. The Morgan fingerprint density at radius 2 is 1.91 bits per heavy atom. The molecule has 6 nitrogen and oxygen atoms in total. The Morgan fingerprint density at radius 1 is 1.26 bits per heavy atom. The van der Waals surface area contributed by atoms with Gasteiger partial charge in [0, 0.05) is 13.5 Å². The predicted molar refractivity (Wildman–Crippen MR) is 83.8 cm³/mol. The number of amides is 1. The number of aryl methyl sites for hydroxylation is 2. The SMILES string of the molecule is COC(=O)[C@H](C)N(Cc1ccccc1)C(=O)c1oc(C)nc1C. The van der Waals surface area contributed by atoms with Gasteiger partial charge in [-0.1, -0.05) is 30.3 Å². The molecule has 0 aliphatic carbocycles. The highest BCUT2D eigenvalue weighted by Crippen LogP contribution is 2.17. The molecule has 1 aromatic carbocycles. The first-order valence-corrected chi connectivity index (χ1v) is 7.30. The molecule has 1 atom stereocenters. The molecule has 2 rings (SSSR count). The highest BCUT2D eigenvalue weighted by atomic mass is 16.5. The van der Waals surface area contributed by atoms with Crippen LogP contribution in [0.3, 0.4) is 0 Å². The van der Waals surface area contributed by atoms with E-state index in [1.54, 1.807) is 20.8 Å². The molecule has 0 aliphatic rings. The minimum absolute atomic E-state index is 0.147. The number of hydrogen-bond acceptors (Lipinski definition) is 5. The molecule has 6 heteroatoms. The molecule has 0 unspecified atom stereocenters. The van der Waals surface area contributed by atoms with Gasteiger partial charge in [0.1, 0.15) is 6.04 Å². The van der Waals surface area contributed by atoms with Crippen LogP contribution < -0.4 is 0 Å². The zero-order chi connectivity index (χ0) is 17.0. The molecule has 0 spiro atoms. The van der Waals surface area contributed by atoms with Crippen molar-refractivity contribution < 1.29 is 18.7 Å². The molecule has 23 heavy (non-hydrogen) atoms. The van der Waals surface area contributed by atoms with Gasteiger partial charge in [-0.15, -0.1) is 0 Å². The van der Waals surface area contributed by atoms with Crippen molar-refractivity contribution in [3.8, 4) is 0 Å². The lowest BCUT2D eigenvalue weighted by Gasteiger charge is -2.26. The topological polar surface area (TPSA) is 72.6 Å². The summed E-state index contributed by atoms with van der Waals surface area (Å²) in [4.78, 5) is 30.3. The Labute approximate surface area is 135 Å². The summed E-state index contributed by atoms with van der Waals surface area (Å²) in [6.45, 7) is 5.28. The minimum Gasteiger partial charge on any atom is -0.467 e. The molecule has 0 N–H and O–H groups in total. The first-order chi connectivity index (χ1) is 10.9. The van der Waals surface area contributed by atoms with E-state index in [0.717, 1.165) is 5.56 Å². The third-order valence-electron chi connectivity index (χ3n) is 3.56. The van der Waals surface area contributed by atoms with Gasteiger partial charge >= 0.3 is 5.97 Å². The van der Waals surface area contributed by atoms with Gasteiger partial charge in [0.05, 0.1) is 12.8 Å². The van der Waals surface area contributed by atoms with E-state index in [4.69, 9.17) is 9.15 Å². The molecule has 122 valence electrons. The fourth-order valence-electron chi connectivity index (χ4n) is 2.32. The summed E-state index contributed by atoms with van der Waals surface area (Å²) in [5, 5.41) is 0. The van der Waals surface area contributed by atoms with E-state index in [9.17, 15) is 9.59 Å². The van der Waals surface area contributed by atoms with Crippen LogP contribution in [-0.4, -0.2) is 34.9 Å². The van der Waals surface area contributed by atoms with Crippen LogP contribution in [0.15, 0.2) is 34.7 Å². The summed E-state index contributed by atoms with van der Waals surface area (Å²) in [7, 11) is 1.30. The number of methoxy groups -OCH3 is 1. The highest BCUT2D eigenvalue weighted by Gasteiger charge is 2.30. The molecular weight excluding hydrogens is 296 g/mol. The Kier molecular flexibility index (Phi) is 5.16. The third-order valence-corrected chi connectivity index (χ3v) is 3.56. The molecule has 0 aliphatic heterocycles. The van der Waals surface area contributed by atoms with E-state index in [2.05, 4.69) is 4.98 Å². The van der Waals surface area contributed by atoms with Crippen LogP contribution in [-0.2, 0) is 16.1 Å². The molecule has 1 amide bonds. The summed E-state index contributed by atoms with van der Waals surface area (Å²) in [5.41, 5.74) is 1.41. The lowest BCUT2D eigenvalue weighted by Crippen LogP contribution is -2.43. The Balaban J connectivity index is 2.34. The number of carbonyl (C=O) groups excluding carboxylic acids is 2. The van der Waals surface area contributed by atoms with E-state index in [1.165, 1.54) is 12.0 Å². The van der Waals surface area contributed by atoms with Gasteiger partial charge in [-0.3, -0.25) is 4.79 Å². The van der Waals surface area contributed by atoms with Crippen molar-refractivity contribution >= 4 is 11.9 Å². The van der Waals surface area contributed by atoms with Gasteiger partial charge in [-0.2, -0.15) is 0 Å². The van der Waals surface area contributed by atoms with Crippen molar-refractivity contribution in [1.82, 2.24) is 9.88 Å². The van der Waals surface area contributed by atoms with E-state index in [-0.39, 0.29) is 18.2 Å². The normalized spacial score (nSPS) is 11.8. The van der Waals surface area contributed by atoms with Crippen LogP contribution in [0.4, 0.5) is 0 Å².